The Kier molecular flexibility index (Phi) is 4.34. The van der Waals surface area contributed by atoms with E-state index in [4.69, 9.17) is 0 Å². The number of hydrogen-bond donors (Lipinski definition) is 0. The lowest BCUT2D eigenvalue weighted by Crippen LogP contribution is -2.28. The minimum atomic E-state index is 0.171. The molecule has 11 heavy (non-hydrogen) atoms. The van der Waals surface area contributed by atoms with Gasteiger partial charge in [-0.05, 0) is 14.1 Å². The molecule has 0 heterocycles. The molecule has 0 rings (SSSR count). The van der Waals surface area contributed by atoms with E-state index in [-0.39, 0.29) is 11.8 Å². The Balaban J connectivity index is 3.83. The van der Waals surface area contributed by atoms with Crippen LogP contribution in [-0.4, -0.2) is 31.3 Å². The van der Waals surface area contributed by atoms with Gasteiger partial charge in [-0.2, -0.15) is 0 Å². The van der Waals surface area contributed by atoms with Crippen LogP contribution in [0, 0.1) is 11.8 Å². The minimum absolute atomic E-state index is 0.171. The van der Waals surface area contributed by atoms with E-state index in [9.17, 15) is 4.79 Å². The van der Waals surface area contributed by atoms with Crippen molar-refractivity contribution in [1.82, 2.24) is 4.90 Å². The molecule has 0 aromatic heterocycles. The molecule has 0 aliphatic carbocycles. The summed E-state index contributed by atoms with van der Waals surface area (Å²) < 4.78 is 0. The number of ketones is 1. The largest absolute Gasteiger partial charge is 0.309 e. The third-order valence-corrected chi connectivity index (χ3v) is 1.69. The fourth-order valence-corrected chi connectivity index (χ4v) is 1.21. The van der Waals surface area contributed by atoms with E-state index >= 15 is 0 Å². The summed E-state index contributed by atoms with van der Waals surface area (Å²) in [5.41, 5.74) is 0. The van der Waals surface area contributed by atoms with Crippen LogP contribution in [0.1, 0.15) is 20.8 Å². The Hall–Kier alpha value is -0.370. The number of carbonyl (C=O) groups is 1. The standard InChI is InChI=1S/C9H19NO/c1-7(2)9(11)8(3)6-10(4)5/h7-8H,6H2,1-5H3/t8-/m0/s1. The Labute approximate surface area is 69.6 Å². The monoisotopic (exact) mass is 157 g/mol. The van der Waals surface area contributed by atoms with Crippen LogP contribution in [0.2, 0.25) is 0 Å². The summed E-state index contributed by atoms with van der Waals surface area (Å²) in [4.78, 5) is 13.4. The lowest BCUT2D eigenvalue weighted by molar-refractivity contribution is -0.125. The summed E-state index contributed by atoms with van der Waals surface area (Å²) in [6.45, 7) is 6.75. The van der Waals surface area contributed by atoms with Crippen molar-refractivity contribution >= 4 is 5.78 Å². The maximum Gasteiger partial charge on any atom is 0.139 e. The summed E-state index contributed by atoms with van der Waals surface area (Å²) in [5, 5.41) is 0. The first-order chi connectivity index (χ1) is 4.95. The molecular formula is C9H19NO. The van der Waals surface area contributed by atoms with E-state index in [0.29, 0.717) is 5.78 Å². The van der Waals surface area contributed by atoms with Crippen LogP contribution in [0.3, 0.4) is 0 Å². The molecule has 0 unspecified atom stereocenters. The quantitative estimate of drug-likeness (QED) is 0.615. The Morgan fingerprint density at radius 3 is 2.00 bits per heavy atom. The normalized spacial score (nSPS) is 14.1. The summed E-state index contributed by atoms with van der Waals surface area (Å²) in [6, 6.07) is 0. The van der Waals surface area contributed by atoms with Gasteiger partial charge in [0.1, 0.15) is 5.78 Å². The van der Waals surface area contributed by atoms with Gasteiger partial charge in [0.2, 0.25) is 0 Å². The van der Waals surface area contributed by atoms with Crippen molar-refractivity contribution < 1.29 is 4.79 Å². The molecule has 0 bridgehead atoms. The van der Waals surface area contributed by atoms with Crippen molar-refractivity contribution in [3.05, 3.63) is 0 Å². The van der Waals surface area contributed by atoms with Gasteiger partial charge < -0.3 is 4.90 Å². The van der Waals surface area contributed by atoms with Crippen LogP contribution in [0.25, 0.3) is 0 Å². The lowest BCUT2D eigenvalue weighted by atomic mass is 9.97. The van der Waals surface area contributed by atoms with Gasteiger partial charge in [0.25, 0.3) is 0 Å². The number of carbonyl (C=O) groups excluding carboxylic acids is 1. The molecule has 1 atom stereocenters. The van der Waals surface area contributed by atoms with E-state index in [0.717, 1.165) is 6.54 Å². The van der Waals surface area contributed by atoms with E-state index in [1.165, 1.54) is 0 Å². The van der Waals surface area contributed by atoms with E-state index < -0.39 is 0 Å². The zero-order valence-corrected chi connectivity index (χ0v) is 8.22. The second-order valence-corrected chi connectivity index (χ2v) is 3.72. The third kappa shape index (κ3) is 4.14. The van der Waals surface area contributed by atoms with Crippen molar-refractivity contribution in [1.29, 1.82) is 0 Å². The molecular weight excluding hydrogens is 138 g/mol. The average Bonchev–Trinajstić information content (AvgIpc) is 1.84. The molecule has 0 aromatic rings. The predicted octanol–water partition coefficient (Wildman–Crippen LogP) is 1.41. The van der Waals surface area contributed by atoms with E-state index in [2.05, 4.69) is 0 Å². The van der Waals surface area contributed by atoms with E-state index in [1.54, 1.807) is 0 Å². The van der Waals surface area contributed by atoms with Crippen molar-refractivity contribution in [2.75, 3.05) is 20.6 Å². The van der Waals surface area contributed by atoms with Gasteiger partial charge in [0.05, 0.1) is 0 Å². The highest BCUT2D eigenvalue weighted by Crippen LogP contribution is 2.06. The highest BCUT2D eigenvalue weighted by Gasteiger charge is 2.16. The maximum atomic E-state index is 11.4. The van der Waals surface area contributed by atoms with Crippen LogP contribution in [0.4, 0.5) is 0 Å². The minimum Gasteiger partial charge on any atom is -0.309 e. The molecule has 0 aliphatic rings. The molecule has 0 amide bonds. The number of hydrogen-bond acceptors (Lipinski definition) is 2. The smallest absolute Gasteiger partial charge is 0.139 e. The van der Waals surface area contributed by atoms with Crippen molar-refractivity contribution in [2.45, 2.75) is 20.8 Å². The molecule has 0 spiro atoms. The molecule has 0 saturated carbocycles. The fourth-order valence-electron chi connectivity index (χ4n) is 1.21. The number of Topliss-reactive ketones (excluding diaryl/α,β-unsaturated/α-hetero) is 1. The topological polar surface area (TPSA) is 20.3 Å². The van der Waals surface area contributed by atoms with Crippen molar-refractivity contribution in [3.8, 4) is 0 Å². The zero-order valence-electron chi connectivity index (χ0n) is 8.22. The molecule has 0 aromatic carbocycles. The first kappa shape index (κ1) is 10.6. The maximum absolute atomic E-state index is 11.4. The van der Waals surface area contributed by atoms with E-state index in [1.807, 2.05) is 39.8 Å². The second kappa shape index (κ2) is 4.50. The molecule has 0 radical (unpaired) electrons. The molecule has 0 fully saturated rings. The van der Waals surface area contributed by atoms with Crippen molar-refractivity contribution in [3.63, 3.8) is 0 Å². The summed E-state index contributed by atoms with van der Waals surface area (Å²) in [7, 11) is 3.98. The number of nitrogens with zero attached hydrogens (tertiary/aromatic N) is 1. The van der Waals surface area contributed by atoms with Gasteiger partial charge in [-0.1, -0.05) is 20.8 Å². The molecule has 66 valence electrons. The molecule has 0 saturated heterocycles. The Morgan fingerprint density at radius 2 is 1.73 bits per heavy atom. The van der Waals surface area contributed by atoms with Crippen molar-refractivity contribution in [2.24, 2.45) is 11.8 Å². The third-order valence-electron chi connectivity index (χ3n) is 1.69. The Bertz CT molecular complexity index is 130. The zero-order chi connectivity index (χ0) is 9.02. The van der Waals surface area contributed by atoms with Crippen LogP contribution in [-0.2, 0) is 4.79 Å². The highest BCUT2D eigenvalue weighted by molar-refractivity contribution is 5.82. The number of rotatable bonds is 4. The lowest BCUT2D eigenvalue weighted by Gasteiger charge is -2.17. The molecule has 2 heteroatoms. The SMILES string of the molecule is CC(C)C(=O)[C@@H](C)CN(C)C. The van der Waals surface area contributed by atoms with Gasteiger partial charge >= 0.3 is 0 Å². The second-order valence-electron chi connectivity index (χ2n) is 3.72. The highest BCUT2D eigenvalue weighted by atomic mass is 16.1. The molecule has 0 aliphatic heterocycles. The van der Waals surface area contributed by atoms with Crippen LogP contribution >= 0.6 is 0 Å². The van der Waals surface area contributed by atoms with Gasteiger partial charge in [-0.3, -0.25) is 4.79 Å². The first-order valence-corrected chi connectivity index (χ1v) is 4.13. The van der Waals surface area contributed by atoms with Crippen LogP contribution in [0.15, 0.2) is 0 Å². The molecule has 0 N–H and O–H groups in total. The van der Waals surface area contributed by atoms with Gasteiger partial charge in [-0.25, -0.2) is 0 Å². The summed E-state index contributed by atoms with van der Waals surface area (Å²) >= 11 is 0. The summed E-state index contributed by atoms with van der Waals surface area (Å²) in [5.74, 6) is 0.702. The van der Waals surface area contributed by atoms with Gasteiger partial charge in [-0.15, -0.1) is 0 Å². The van der Waals surface area contributed by atoms with Crippen LogP contribution in [0.5, 0.6) is 0 Å². The van der Waals surface area contributed by atoms with Gasteiger partial charge in [0, 0.05) is 18.4 Å². The average molecular weight is 157 g/mol. The first-order valence-electron chi connectivity index (χ1n) is 4.13. The Morgan fingerprint density at radius 1 is 1.27 bits per heavy atom. The summed E-state index contributed by atoms with van der Waals surface area (Å²) in [6.07, 6.45) is 0. The predicted molar refractivity (Wildman–Crippen MR) is 47.6 cm³/mol. The van der Waals surface area contributed by atoms with Gasteiger partial charge in [0.15, 0.2) is 0 Å². The fraction of sp³-hybridized carbons (Fsp3) is 0.889. The molecule has 2 nitrogen and oxygen atoms in total. The van der Waals surface area contributed by atoms with Crippen LogP contribution < -0.4 is 0 Å².